The Morgan fingerprint density at radius 1 is 1.33 bits per heavy atom. The summed E-state index contributed by atoms with van der Waals surface area (Å²) in [6, 6.07) is 0. The van der Waals surface area contributed by atoms with Crippen molar-refractivity contribution in [2.24, 2.45) is 5.84 Å². The predicted octanol–water partition coefficient (Wildman–Crippen LogP) is -0.819. The van der Waals surface area contributed by atoms with Gasteiger partial charge in [-0.05, 0) is 0 Å². The fourth-order valence-corrected chi connectivity index (χ4v) is 1.53. The van der Waals surface area contributed by atoms with Gasteiger partial charge in [0.15, 0.2) is 11.6 Å². The summed E-state index contributed by atoms with van der Waals surface area (Å²) in [5.74, 6) is 6.45. The summed E-state index contributed by atoms with van der Waals surface area (Å²) in [4.78, 5) is 10.1. The van der Waals surface area contributed by atoms with Crippen LogP contribution in [0.3, 0.4) is 0 Å². The third-order valence-electron chi connectivity index (χ3n) is 2.31. The van der Waals surface area contributed by atoms with Crippen molar-refractivity contribution in [1.82, 2.24) is 9.97 Å². The molecule has 0 saturated carbocycles. The maximum Gasteiger partial charge on any atom is 0.168 e. The van der Waals surface area contributed by atoms with Gasteiger partial charge in [0.1, 0.15) is 12.0 Å². The van der Waals surface area contributed by atoms with Crippen LogP contribution in [0.2, 0.25) is 0 Å². The number of hydrogen-bond acceptors (Lipinski definition) is 7. The molecule has 7 heteroatoms. The maximum absolute atomic E-state index is 5.87. The van der Waals surface area contributed by atoms with Gasteiger partial charge in [0.25, 0.3) is 0 Å². The molecular formula is C8H14N6O. The van der Waals surface area contributed by atoms with Crippen molar-refractivity contribution in [1.29, 1.82) is 0 Å². The number of anilines is 3. The van der Waals surface area contributed by atoms with Crippen molar-refractivity contribution in [3.8, 4) is 0 Å². The lowest BCUT2D eigenvalue weighted by atomic mass is 10.3. The third-order valence-corrected chi connectivity index (χ3v) is 2.31. The Labute approximate surface area is 87.4 Å². The number of hydrogen-bond donors (Lipinski definition) is 3. The molecule has 0 bridgehead atoms. The zero-order chi connectivity index (χ0) is 10.7. The van der Waals surface area contributed by atoms with Crippen molar-refractivity contribution in [3.05, 3.63) is 6.33 Å². The largest absolute Gasteiger partial charge is 0.393 e. The number of nitrogens with zero attached hydrogens (tertiary/aromatic N) is 3. The zero-order valence-corrected chi connectivity index (χ0v) is 8.31. The van der Waals surface area contributed by atoms with Gasteiger partial charge in [0, 0.05) is 13.1 Å². The van der Waals surface area contributed by atoms with E-state index in [4.69, 9.17) is 16.3 Å². The average molecular weight is 210 g/mol. The van der Waals surface area contributed by atoms with Gasteiger partial charge in [-0.3, -0.25) is 0 Å². The quantitative estimate of drug-likeness (QED) is 0.433. The van der Waals surface area contributed by atoms with Crippen LogP contribution in [0, 0.1) is 0 Å². The molecule has 1 aromatic rings. The highest BCUT2D eigenvalue weighted by atomic mass is 16.5. The first-order chi connectivity index (χ1) is 7.33. The van der Waals surface area contributed by atoms with Gasteiger partial charge < -0.3 is 20.8 Å². The molecule has 5 N–H and O–H groups in total. The van der Waals surface area contributed by atoms with E-state index in [0.29, 0.717) is 30.5 Å². The lowest BCUT2D eigenvalue weighted by Crippen LogP contribution is -2.37. The lowest BCUT2D eigenvalue weighted by molar-refractivity contribution is 0.122. The second kappa shape index (κ2) is 4.28. The van der Waals surface area contributed by atoms with Gasteiger partial charge in [0.2, 0.25) is 0 Å². The summed E-state index contributed by atoms with van der Waals surface area (Å²) in [6.07, 6.45) is 1.44. The number of nitrogen functional groups attached to an aromatic ring is 2. The van der Waals surface area contributed by atoms with E-state index < -0.39 is 0 Å². The summed E-state index contributed by atoms with van der Waals surface area (Å²) < 4.78 is 5.25. The fourth-order valence-electron chi connectivity index (χ4n) is 1.53. The Morgan fingerprint density at radius 2 is 2.07 bits per heavy atom. The number of ether oxygens (including phenoxy) is 1. The smallest absolute Gasteiger partial charge is 0.168 e. The molecular weight excluding hydrogens is 196 g/mol. The molecule has 0 aromatic carbocycles. The molecule has 1 aliphatic heterocycles. The minimum atomic E-state index is 0.450. The van der Waals surface area contributed by atoms with Crippen LogP contribution in [0.5, 0.6) is 0 Å². The Bertz CT molecular complexity index is 338. The maximum atomic E-state index is 5.87. The molecule has 7 nitrogen and oxygen atoms in total. The van der Waals surface area contributed by atoms with Crippen LogP contribution < -0.4 is 21.9 Å². The minimum Gasteiger partial charge on any atom is -0.393 e. The monoisotopic (exact) mass is 210 g/mol. The number of aromatic nitrogens is 2. The van der Waals surface area contributed by atoms with Crippen LogP contribution in [-0.2, 0) is 4.74 Å². The topological polar surface area (TPSA) is 102 Å². The van der Waals surface area contributed by atoms with Crippen molar-refractivity contribution >= 4 is 17.3 Å². The standard InChI is InChI=1S/C8H14N6O/c9-6-7(13-10)11-5-12-8(6)14-1-3-15-4-2-14/h5H,1-4,9-10H2,(H,11,12,13). The first kappa shape index (κ1) is 9.94. The van der Waals surface area contributed by atoms with Gasteiger partial charge in [0.05, 0.1) is 13.2 Å². The van der Waals surface area contributed by atoms with E-state index in [0.717, 1.165) is 13.1 Å². The summed E-state index contributed by atoms with van der Waals surface area (Å²) in [5, 5.41) is 0. The second-order valence-corrected chi connectivity index (χ2v) is 3.20. The van der Waals surface area contributed by atoms with Gasteiger partial charge in [-0.15, -0.1) is 0 Å². The molecule has 1 aliphatic rings. The predicted molar refractivity (Wildman–Crippen MR) is 57.3 cm³/mol. The molecule has 1 saturated heterocycles. The highest BCUT2D eigenvalue weighted by Gasteiger charge is 2.16. The number of nitrogens with two attached hydrogens (primary N) is 2. The SMILES string of the molecule is NNc1ncnc(N2CCOCC2)c1N. The van der Waals surface area contributed by atoms with Crippen molar-refractivity contribution < 1.29 is 4.74 Å². The van der Waals surface area contributed by atoms with E-state index in [1.54, 1.807) is 0 Å². The minimum absolute atomic E-state index is 0.450. The molecule has 2 heterocycles. The highest BCUT2D eigenvalue weighted by molar-refractivity contribution is 5.74. The molecule has 0 unspecified atom stereocenters. The van der Waals surface area contributed by atoms with E-state index in [1.165, 1.54) is 6.33 Å². The first-order valence-electron chi connectivity index (χ1n) is 4.72. The van der Waals surface area contributed by atoms with Crippen molar-refractivity contribution in [2.75, 3.05) is 42.4 Å². The lowest BCUT2D eigenvalue weighted by Gasteiger charge is -2.28. The molecule has 0 atom stereocenters. The summed E-state index contributed by atoms with van der Waals surface area (Å²) >= 11 is 0. The molecule has 0 spiro atoms. The molecule has 0 amide bonds. The van der Waals surface area contributed by atoms with Crippen molar-refractivity contribution in [2.45, 2.75) is 0 Å². The zero-order valence-electron chi connectivity index (χ0n) is 8.31. The normalized spacial score (nSPS) is 16.5. The average Bonchev–Trinajstić information content (AvgIpc) is 2.30. The van der Waals surface area contributed by atoms with Crippen molar-refractivity contribution in [3.63, 3.8) is 0 Å². The number of nitrogens with one attached hydrogen (secondary N) is 1. The molecule has 15 heavy (non-hydrogen) atoms. The van der Waals surface area contributed by atoms with Crippen LogP contribution >= 0.6 is 0 Å². The van der Waals surface area contributed by atoms with E-state index in [2.05, 4.69) is 20.3 Å². The van der Waals surface area contributed by atoms with Crippen LogP contribution in [0.4, 0.5) is 17.3 Å². The summed E-state index contributed by atoms with van der Waals surface area (Å²) in [5.41, 5.74) is 8.79. The van der Waals surface area contributed by atoms with Gasteiger partial charge >= 0.3 is 0 Å². The molecule has 1 aromatic heterocycles. The van der Waals surface area contributed by atoms with Gasteiger partial charge in [-0.25, -0.2) is 15.8 Å². The first-order valence-corrected chi connectivity index (χ1v) is 4.72. The van der Waals surface area contributed by atoms with Crippen LogP contribution in [-0.4, -0.2) is 36.3 Å². The van der Waals surface area contributed by atoms with E-state index in [9.17, 15) is 0 Å². The summed E-state index contributed by atoms with van der Waals surface area (Å²) in [6.45, 7) is 2.94. The highest BCUT2D eigenvalue weighted by Crippen LogP contribution is 2.25. The van der Waals surface area contributed by atoms with Crippen LogP contribution in [0.1, 0.15) is 0 Å². The van der Waals surface area contributed by atoms with Gasteiger partial charge in [-0.1, -0.05) is 0 Å². The van der Waals surface area contributed by atoms with Crippen LogP contribution in [0.15, 0.2) is 6.33 Å². The fraction of sp³-hybridized carbons (Fsp3) is 0.500. The molecule has 82 valence electrons. The Morgan fingerprint density at radius 3 is 2.73 bits per heavy atom. The number of hydrazine groups is 1. The Kier molecular flexibility index (Phi) is 2.84. The van der Waals surface area contributed by atoms with E-state index in [-0.39, 0.29) is 0 Å². The van der Waals surface area contributed by atoms with Gasteiger partial charge in [-0.2, -0.15) is 0 Å². The third kappa shape index (κ3) is 1.92. The second-order valence-electron chi connectivity index (χ2n) is 3.20. The summed E-state index contributed by atoms with van der Waals surface area (Å²) in [7, 11) is 0. The molecule has 0 radical (unpaired) electrons. The molecule has 2 rings (SSSR count). The van der Waals surface area contributed by atoms with E-state index in [1.807, 2.05) is 0 Å². The van der Waals surface area contributed by atoms with E-state index >= 15 is 0 Å². The molecule has 1 fully saturated rings. The molecule has 0 aliphatic carbocycles. The van der Waals surface area contributed by atoms with Crippen LogP contribution in [0.25, 0.3) is 0 Å². The number of rotatable bonds is 2. The Balaban J connectivity index is 2.26. The number of morpholine rings is 1. The Hall–Kier alpha value is -1.60.